The number of amides is 1. The number of hydrogen-bond acceptors (Lipinski definition) is 10. The van der Waals surface area contributed by atoms with Crippen molar-refractivity contribution in [1.29, 1.82) is 0 Å². The number of aliphatic hydroxyl groups excluding tert-OH is 1. The van der Waals surface area contributed by atoms with E-state index in [4.69, 9.17) is 18.6 Å². The molecule has 13 heteroatoms. The molecule has 12 nitrogen and oxygen atoms in total. The molecular weight excluding hydrogens is 604 g/mol. The number of ether oxygens (including phenoxy) is 3. The number of allylic oxidation sites excluding steroid dienone is 1. The monoisotopic (exact) mass is 636 g/mol. The molecule has 2 unspecified atom stereocenters. The van der Waals surface area contributed by atoms with E-state index in [9.17, 15) is 28.2 Å². The number of phenolic OH excluding ortho intramolecular Hbond substituents is 1. The Morgan fingerprint density at radius 2 is 1.78 bits per heavy atom. The largest absolute Gasteiger partial charge is 0.506 e. The molecule has 0 aliphatic carbocycles. The molecule has 2 atom stereocenters. The summed E-state index contributed by atoms with van der Waals surface area (Å²) >= 11 is 0. The minimum absolute atomic E-state index is 0.0137. The molecule has 0 saturated carbocycles. The number of para-hydroxylation sites is 3. The van der Waals surface area contributed by atoms with Gasteiger partial charge < -0.3 is 34.2 Å². The van der Waals surface area contributed by atoms with Crippen molar-refractivity contribution in [2.45, 2.75) is 23.5 Å². The number of anilines is 1. The Morgan fingerprint density at radius 3 is 2.51 bits per heavy atom. The number of carbonyl (C=O) groups is 1. The van der Waals surface area contributed by atoms with Crippen LogP contribution in [-0.2, 0) is 24.3 Å². The molecule has 1 amide bonds. The molecule has 1 aromatic heterocycles. The molecule has 5 rings (SSSR count). The van der Waals surface area contributed by atoms with Crippen LogP contribution in [-0.4, -0.2) is 68.5 Å². The van der Waals surface area contributed by atoms with Crippen molar-refractivity contribution in [2.24, 2.45) is 0 Å². The predicted octanol–water partition coefficient (Wildman–Crippen LogP) is 3.56. The Kier molecular flexibility index (Phi) is 9.83. The molecule has 1 aliphatic rings. The smallest absolute Gasteiger partial charge is 0.290 e. The SMILES string of the molecule is COc1ccc(S(=O)(=O)N(CCO)CCOC2CC(c3coc4ccccc4c3=O)C=C(C(=O)Nc3ccccc3O)O2)cc1. The van der Waals surface area contributed by atoms with Crippen molar-refractivity contribution in [3.05, 3.63) is 107 Å². The maximum Gasteiger partial charge on any atom is 0.290 e. The molecule has 0 radical (unpaired) electrons. The highest BCUT2D eigenvalue weighted by Gasteiger charge is 2.32. The zero-order chi connectivity index (χ0) is 32.0. The van der Waals surface area contributed by atoms with Crippen molar-refractivity contribution in [3.63, 3.8) is 0 Å². The zero-order valence-corrected chi connectivity index (χ0v) is 25.1. The van der Waals surface area contributed by atoms with Gasteiger partial charge in [0.25, 0.3) is 5.91 Å². The first-order chi connectivity index (χ1) is 21.7. The molecular formula is C32H32N2O10S. The Labute approximate surface area is 259 Å². The molecule has 0 spiro atoms. The first kappa shape index (κ1) is 31.7. The standard InChI is InChI=1S/C32H32N2O10S/c1-41-22-10-12-23(13-11-22)45(39,40)34(14-16-35)15-17-42-30-19-21(25-20-43-28-9-5-2-6-24(28)31(25)37)18-29(44-30)32(38)33-26-7-3-4-8-27(26)36/h2-13,18,20-21,30,35-36H,14-17,19H2,1H3,(H,33,38). The fourth-order valence-corrected chi connectivity index (χ4v) is 6.31. The number of methoxy groups -OCH3 is 1. The Bertz CT molecular complexity index is 1850. The third kappa shape index (κ3) is 7.18. The van der Waals surface area contributed by atoms with Gasteiger partial charge in [-0.2, -0.15) is 4.31 Å². The molecule has 4 aromatic rings. The summed E-state index contributed by atoms with van der Waals surface area (Å²) in [5, 5.41) is 22.7. The van der Waals surface area contributed by atoms with Crippen molar-refractivity contribution < 1.29 is 42.1 Å². The van der Waals surface area contributed by atoms with Gasteiger partial charge in [-0.05, 0) is 54.6 Å². The highest BCUT2D eigenvalue weighted by atomic mass is 32.2. The number of aliphatic hydroxyl groups is 1. The molecule has 45 heavy (non-hydrogen) atoms. The van der Waals surface area contributed by atoms with Gasteiger partial charge in [0.2, 0.25) is 16.3 Å². The summed E-state index contributed by atoms with van der Waals surface area (Å²) in [4.78, 5) is 26.7. The lowest BCUT2D eigenvalue weighted by molar-refractivity contribution is -0.143. The van der Waals surface area contributed by atoms with E-state index in [1.54, 1.807) is 36.4 Å². The quantitative estimate of drug-likeness (QED) is 0.196. The second-order valence-electron chi connectivity index (χ2n) is 10.1. The van der Waals surface area contributed by atoms with Gasteiger partial charge in [0.15, 0.2) is 11.2 Å². The van der Waals surface area contributed by atoms with Crippen LogP contribution < -0.4 is 15.5 Å². The summed E-state index contributed by atoms with van der Waals surface area (Å²) in [5.74, 6) is -1.17. The number of hydrogen-bond donors (Lipinski definition) is 3. The maximum absolute atomic E-state index is 13.4. The van der Waals surface area contributed by atoms with Crippen LogP contribution in [0.5, 0.6) is 11.5 Å². The van der Waals surface area contributed by atoms with Crippen molar-refractivity contribution in [3.8, 4) is 11.5 Å². The van der Waals surface area contributed by atoms with Crippen LogP contribution >= 0.6 is 0 Å². The maximum atomic E-state index is 13.4. The summed E-state index contributed by atoms with van der Waals surface area (Å²) in [7, 11) is -2.52. The van der Waals surface area contributed by atoms with E-state index in [0.717, 1.165) is 4.31 Å². The zero-order valence-electron chi connectivity index (χ0n) is 24.3. The molecule has 236 valence electrons. The number of rotatable bonds is 12. The van der Waals surface area contributed by atoms with Gasteiger partial charge in [0.1, 0.15) is 17.1 Å². The lowest BCUT2D eigenvalue weighted by Gasteiger charge is -2.30. The number of phenols is 1. The molecule has 1 aliphatic heterocycles. The second kappa shape index (κ2) is 13.9. The lowest BCUT2D eigenvalue weighted by Crippen LogP contribution is -2.38. The fraction of sp³-hybridized carbons (Fsp3) is 0.250. The van der Waals surface area contributed by atoms with Crippen LogP contribution in [0.3, 0.4) is 0 Å². The Morgan fingerprint density at radius 1 is 1.04 bits per heavy atom. The molecule has 3 N–H and O–H groups in total. The first-order valence-corrected chi connectivity index (χ1v) is 15.5. The summed E-state index contributed by atoms with van der Waals surface area (Å²) < 4.78 is 50.2. The van der Waals surface area contributed by atoms with Crippen molar-refractivity contribution in [1.82, 2.24) is 4.31 Å². The normalized spacial score (nSPS) is 16.6. The average Bonchev–Trinajstić information content (AvgIpc) is 3.05. The van der Waals surface area contributed by atoms with Gasteiger partial charge in [-0.25, -0.2) is 8.42 Å². The number of nitrogens with zero attached hydrogens (tertiary/aromatic N) is 1. The van der Waals surface area contributed by atoms with Crippen LogP contribution in [0.1, 0.15) is 17.9 Å². The van der Waals surface area contributed by atoms with Crippen LogP contribution in [0.25, 0.3) is 11.0 Å². The number of nitrogens with one attached hydrogen (secondary N) is 1. The molecule has 3 aromatic carbocycles. The van der Waals surface area contributed by atoms with E-state index in [1.165, 1.54) is 55.8 Å². The molecule has 0 bridgehead atoms. The number of sulfonamides is 1. The molecule has 0 fully saturated rings. The van der Waals surface area contributed by atoms with E-state index in [-0.39, 0.29) is 59.2 Å². The van der Waals surface area contributed by atoms with Gasteiger partial charge in [-0.1, -0.05) is 24.3 Å². The van der Waals surface area contributed by atoms with E-state index < -0.39 is 34.7 Å². The van der Waals surface area contributed by atoms with Gasteiger partial charge in [0.05, 0.1) is 42.6 Å². The van der Waals surface area contributed by atoms with E-state index in [0.29, 0.717) is 16.7 Å². The number of fused-ring (bicyclic) bond motifs is 1. The highest BCUT2D eigenvalue weighted by molar-refractivity contribution is 7.89. The van der Waals surface area contributed by atoms with Crippen LogP contribution in [0.15, 0.2) is 105 Å². The Hall–Kier alpha value is -4.69. The number of benzene rings is 3. The minimum Gasteiger partial charge on any atom is -0.506 e. The summed E-state index contributed by atoms with van der Waals surface area (Å²) in [5.41, 5.74) is 0.566. The topological polar surface area (TPSA) is 165 Å². The number of aromatic hydroxyl groups is 1. The summed E-state index contributed by atoms with van der Waals surface area (Å²) in [6.07, 6.45) is 1.89. The van der Waals surface area contributed by atoms with E-state index in [2.05, 4.69) is 5.32 Å². The van der Waals surface area contributed by atoms with Crippen LogP contribution in [0.2, 0.25) is 0 Å². The third-order valence-corrected chi connectivity index (χ3v) is 9.14. The lowest BCUT2D eigenvalue weighted by atomic mass is 9.93. The highest BCUT2D eigenvalue weighted by Crippen LogP contribution is 2.32. The van der Waals surface area contributed by atoms with Gasteiger partial charge in [0, 0.05) is 31.0 Å². The van der Waals surface area contributed by atoms with Crippen molar-refractivity contribution in [2.75, 3.05) is 38.7 Å². The van der Waals surface area contributed by atoms with E-state index >= 15 is 0 Å². The molecule has 2 heterocycles. The fourth-order valence-electron chi connectivity index (χ4n) is 4.89. The van der Waals surface area contributed by atoms with Gasteiger partial charge >= 0.3 is 0 Å². The predicted molar refractivity (Wildman–Crippen MR) is 164 cm³/mol. The molecule has 0 saturated heterocycles. The van der Waals surface area contributed by atoms with Crippen LogP contribution in [0.4, 0.5) is 5.69 Å². The minimum atomic E-state index is -3.99. The second-order valence-corrected chi connectivity index (χ2v) is 12.0. The summed E-state index contributed by atoms with van der Waals surface area (Å²) in [6.45, 7) is -0.902. The van der Waals surface area contributed by atoms with Gasteiger partial charge in [-0.15, -0.1) is 0 Å². The third-order valence-electron chi connectivity index (χ3n) is 7.23. The van der Waals surface area contributed by atoms with E-state index in [1.807, 2.05) is 0 Å². The van der Waals surface area contributed by atoms with Gasteiger partial charge in [-0.3, -0.25) is 9.59 Å². The first-order valence-electron chi connectivity index (χ1n) is 14.1. The van der Waals surface area contributed by atoms with Crippen LogP contribution in [0, 0.1) is 0 Å². The Balaban J connectivity index is 1.37. The number of carbonyl (C=O) groups excluding carboxylic acids is 1. The average molecular weight is 637 g/mol. The van der Waals surface area contributed by atoms with Crippen molar-refractivity contribution >= 4 is 32.6 Å². The summed E-state index contributed by atoms with van der Waals surface area (Å²) in [6, 6.07) is 18.8.